The first kappa shape index (κ1) is 21.1. The topological polar surface area (TPSA) is 18.5 Å². The molecule has 1 rings (SSSR count). The van der Waals surface area contributed by atoms with E-state index in [1.165, 1.54) is 0 Å². The minimum atomic E-state index is 0.864. The van der Waals surface area contributed by atoms with Crippen molar-refractivity contribution in [3.05, 3.63) is 23.8 Å². The van der Waals surface area contributed by atoms with Crippen LogP contribution in [0.15, 0.2) is 18.2 Å². The van der Waals surface area contributed by atoms with Crippen LogP contribution in [-0.4, -0.2) is 14.2 Å². The molecule has 0 heterocycles. The van der Waals surface area contributed by atoms with E-state index in [0.717, 1.165) is 17.1 Å². The number of benzene rings is 1. The summed E-state index contributed by atoms with van der Waals surface area (Å²) in [6.07, 6.45) is 0. The second-order valence-corrected chi connectivity index (χ2v) is 2.34. The molecule has 0 aromatic heterocycles. The summed E-state index contributed by atoms with van der Waals surface area (Å²) in [5, 5.41) is 0. The summed E-state index contributed by atoms with van der Waals surface area (Å²) in [6.45, 7) is 14.0. The Bertz CT molecular complexity index is 245. The van der Waals surface area contributed by atoms with E-state index in [2.05, 4.69) is 0 Å². The van der Waals surface area contributed by atoms with Gasteiger partial charge in [0.1, 0.15) is 11.5 Å². The molecule has 0 unspecified atom stereocenters. The largest absolute Gasteiger partial charge is 0.497 e. The normalized spacial score (nSPS) is 7.12. The molecule has 2 nitrogen and oxygen atoms in total. The van der Waals surface area contributed by atoms with Crippen molar-refractivity contribution in [2.75, 3.05) is 14.2 Å². The third-order valence-electron chi connectivity index (χ3n) is 1.60. The molecule has 0 atom stereocenters. The summed E-state index contributed by atoms with van der Waals surface area (Å²) in [5.74, 6) is 1.76. The molecule has 2 heteroatoms. The van der Waals surface area contributed by atoms with Crippen LogP contribution in [0, 0.1) is 6.92 Å². The summed E-state index contributed by atoms with van der Waals surface area (Å²) in [6, 6.07) is 5.72. The Labute approximate surface area is 108 Å². The molecule has 1 aromatic carbocycles. The van der Waals surface area contributed by atoms with Crippen LogP contribution in [0.5, 0.6) is 11.5 Å². The number of hydrogen-bond donors (Lipinski definition) is 0. The second-order valence-electron chi connectivity index (χ2n) is 2.34. The fourth-order valence-electron chi connectivity index (χ4n) is 0.978. The maximum absolute atomic E-state index is 5.09. The number of aryl methyl sites for hydroxylation is 1. The molecule has 0 amide bonds. The molecule has 0 saturated heterocycles. The first-order valence-corrected chi connectivity index (χ1v) is 6.46. The second kappa shape index (κ2) is 17.2. The van der Waals surface area contributed by atoms with Gasteiger partial charge in [-0.2, -0.15) is 0 Å². The Balaban J connectivity index is -0.000000285. The van der Waals surface area contributed by atoms with Gasteiger partial charge in [0, 0.05) is 0 Å². The maximum atomic E-state index is 5.09. The van der Waals surface area contributed by atoms with Crippen LogP contribution in [0.3, 0.4) is 0 Å². The Kier molecular flexibility index (Phi) is 21.4. The van der Waals surface area contributed by atoms with E-state index >= 15 is 0 Å². The Hall–Kier alpha value is -1.18. The van der Waals surface area contributed by atoms with Crippen molar-refractivity contribution in [1.29, 1.82) is 0 Å². The fraction of sp³-hybridized carbons (Fsp3) is 0.600. The Morgan fingerprint density at radius 1 is 0.765 bits per heavy atom. The quantitative estimate of drug-likeness (QED) is 0.719. The predicted octanol–water partition coefficient (Wildman–Crippen LogP) is 5.09. The minimum Gasteiger partial charge on any atom is -0.497 e. The molecule has 0 spiro atoms. The highest BCUT2D eigenvalue weighted by atomic mass is 16.5. The van der Waals surface area contributed by atoms with E-state index in [4.69, 9.17) is 9.47 Å². The van der Waals surface area contributed by atoms with E-state index in [1.54, 1.807) is 14.2 Å². The van der Waals surface area contributed by atoms with Crippen LogP contribution in [0.2, 0.25) is 0 Å². The van der Waals surface area contributed by atoms with Gasteiger partial charge in [0.2, 0.25) is 0 Å². The molecular weight excluding hydrogens is 212 g/mol. The van der Waals surface area contributed by atoms with Gasteiger partial charge in [-0.15, -0.1) is 0 Å². The summed E-state index contributed by atoms with van der Waals surface area (Å²) >= 11 is 0. The number of methoxy groups -OCH3 is 2. The molecule has 0 fully saturated rings. The first-order valence-electron chi connectivity index (χ1n) is 6.46. The number of rotatable bonds is 2. The van der Waals surface area contributed by atoms with Gasteiger partial charge in [-0.1, -0.05) is 41.5 Å². The zero-order valence-corrected chi connectivity index (χ0v) is 13.0. The summed E-state index contributed by atoms with van der Waals surface area (Å²) < 4.78 is 10.1. The van der Waals surface area contributed by atoms with Crippen molar-refractivity contribution in [2.45, 2.75) is 48.5 Å². The molecular formula is C15H30O2. The van der Waals surface area contributed by atoms with E-state index < -0.39 is 0 Å². The Morgan fingerprint density at radius 2 is 1.24 bits per heavy atom. The molecule has 102 valence electrons. The third-order valence-corrected chi connectivity index (χ3v) is 1.60. The van der Waals surface area contributed by atoms with Crippen LogP contribution >= 0.6 is 0 Å². The van der Waals surface area contributed by atoms with E-state index in [-0.39, 0.29) is 0 Å². The van der Waals surface area contributed by atoms with Gasteiger partial charge in [-0.3, -0.25) is 0 Å². The molecule has 0 saturated carbocycles. The lowest BCUT2D eigenvalue weighted by atomic mass is 10.2. The molecule has 0 aliphatic heterocycles. The minimum absolute atomic E-state index is 0.864. The zero-order chi connectivity index (χ0) is 14.3. The van der Waals surface area contributed by atoms with Gasteiger partial charge in [-0.05, 0) is 30.7 Å². The van der Waals surface area contributed by atoms with Crippen molar-refractivity contribution in [1.82, 2.24) is 0 Å². The molecule has 0 N–H and O–H groups in total. The molecule has 0 aliphatic rings. The highest BCUT2D eigenvalue weighted by Crippen LogP contribution is 2.22. The average Bonchev–Trinajstić information content (AvgIpc) is 2.45. The monoisotopic (exact) mass is 242 g/mol. The standard InChI is InChI=1S/C9H12O2.3C2H6/c1-7-6-8(10-2)4-5-9(7)11-3;3*1-2/h4-6H,1-3H3;3*1-2H3. The van der Waals surface area contributed by atoms with Crippen molar-refractivity contribution in [3.8, 4) is 11.5 Å². The smallest absolute Gasteiger partial charge is 0.122 e. The molecule has 0 bridgehead atoms. The summed E-state index contributed by atoms with van der Waals surface area (Å²) in [5.41, 5.74) is 1.09. The Morgan fingerprint density at radius 3 is 1.53 bits per heavy atom. The number of hydrogen-bond acceptors (Lipinski definition) is 2. The molecule has 1 aromatic rings. The fourth-order valence-corrected chi connectivity index (χ4v) is 0.978. The van der Waals surface area contributed by atoms with Crippen molar-refractivity contribution < 1.29 is 9.47 Å². The maximum Gasteiger partial charge on any atom is 0.122 e. The van der Waals surface area contributed by atoms with Gasteiger partial charge < -0.3 is 9.47 Å². The molecule has 0 aliphatic carbocycles. The van der Waals surface area contributed by atoms with Gasteiger partial charge in [0.25, 0.3) is 0 Å². The van der Waals surface area contributed by atoms with E-state index in [1.807, 2.05) is 66.7 Å². The SMILES string of the molecule is CC.CC.CC.COc1ccc(OC)c(C)c1. The van der Waals surface area contributed by atoms with Crippen LogP contribution in [0.1, 0.15) is 47.1 Å². The molecule has 0 radical (unpaired) electrons. The van der Waals surface area contributed by atoms with Gasteiger partial charge >= 0.3 is 0 Å². The van der Waals surface area contributed by atoms with E-state index in [9.17, 15) is 0 Å². The van der Waals surface area contributed by atoms with Crippen LogP contribution in [0.4, 0.5) is 0 Å². The summed E-state index contributed by atoms with van der Waals surface area (Å²) in [7, 11) is 3.32. The first-order chi connectivity index (χ1) is 8.27. The highest BCUT2D eigenvalue weighted by Gasteiger charge is 1.97. The lowest BCUT2D eigenvalue weighted by molar-refractivity contribution is 0.400. The van der Waals surface area contributed by atoms with Crippen molar-refractivity contribution in [2.24, 2.45) is 0 Å². The molecule has 17 heavy (non-hydrogen) atoms. The van der Waals surface area contributed by atoms with Crippen molar-refractivity contribution >= 4 is 0 Å². The predicted molar refractivity (Wildman–Crippen MR) is 78.3 cm³/mol. The van der Waals surface area contributed by atoms with Crippen molar-refractivity contribution in [3.63, 3.8) is 0 Å². The van der Waals surface area contributed by atoms with Crippen LogP contribution in [-0.2, 0) is 0 Å². The van der Waals surface area contributed by atoms with E-state index in [0.29, 0.717) is 0 Å². The van der Waals surface area contributed by atoms with Crippen LogP contribution in [0.25, 0.3) is 0 Å². The lowest BCUT2D eigenvalue weighted by Crippen LogP contribution is -1.88. The number of ether oxygens (including phenoxy) is 2. The third kappa shape index (κ3) is 9.73. The average molecular weight is 242 g/mol. The zero-order valence-electron chi connectivity index (χ0n) is 13.0. The van der Waals surface area contributed by atoms with Gasteiger partial charge in [0.15, 0.2) is 0 Å². The van der Waals surface area contributed by atoms with Crippen LogP contribution < -0.4 is 9.47 Å². The van der Waals surface area contributed by atoms with Gasteiger partial charge in [-0.25, -0.2) is 0 Å². The highest BCUT2D eigenvalue weighted by molar-refractivity contribution is 5.39. The summed E-state index contributed by atoms with van der Waals surface area (Å²) in [4.78, 5) is 0. The van der Waals surface area contributed by atoms with Gasteiger partial charge in [0.05, 0.1) is 14.2 Å². The lowest BCUT2D eigenvalue weighted by Gasteiger charge is -2.05.